The van der Waals surface area contributed by atoms with Gasteiger partial charge in [-0.15, -0.1) is 0 Å². The van der Waals surface area contributed by atoms with E-state index in [2.05, 4.69) is 22.8 Å². The number of rotatable bonds is 10. The zero-order chi connectivity index (χ0) is 33.9. The zero-order valence-electron chi connectivity index (χ0n) is 27.3. The molecule has 3 atom stereocenters. The van der Waals surface area contributed by atoms with E-state index >= 15 is 0 Å². The standard InChI is InChI=1S/C41H42N2O5/c1-28-41(48)43-36(21-18-31-14-8-16-33(24-31)34-17-9-15-32(25-34)20-23-39(46)42-28)38(45)27-35(26-30-12-6-3-7-13-30)40(47)37(44)22-19-29-10-4-2-5-11-29/h2-17,24-25,28,35-36H,18-23,26-27H2,1H3,(H,42,46)(H,43,48)/t28-,35+,36-/m0/s1. The van der Waals surface area contributed by atoms with E-state index in [0.29, 0.717) is 25.7 Å². The average molecular weight is 643 g/mol. The lowest BCUT2D eigenvalue weighted by molar-refractivity contribution is -0.140. The van der Waals surface area contributed by atoms with Gasteiger partial charge in [0.1, 0.15) is 6.04 Å². The van der Waals surface area contributed by atoms with Crippen LogP contribution < -0.4 is 10.6 Å². The second kappa shape index (κ2) is 16.6. The second-order valence-electron chi connectivity index (χ2n) is 12.6. The predicted octanol–water partition coefficient (Wildman–Crippen LogP) is 5.81. The lowest BCUT2D eigenvalue weighted by Crippen LogP contribution is -2.51. The summed E-state index contributed by atoms with van der Waals surface area (Å²) in [5.74, 6) is -3.01. The molecule has 0 radical (unpaired) electrons. The molecule has 2 amide bonds. The topological polar surface area (TPSA) is 109 Å². The number of benzene rings is 4. The monoisotopic (exact) mass is 642 g/mol. The largest absolute Gasteiger partial charge is 0.345 e. The maximum Gasteiger partial charge on any atom is 0.242 e. The fourth-order valence-corrected chi connectivity index (χ4v) is 6.17. The van der Waals surface area contributed by atoms with Crippen molar-refractivity contribution in [3.63, 3.8) is 0 Å². The van der Waals surface area contributed by atoms with E-state index in [-0.39, 0.29) is 37.4 Å². The van der Waals surface area contributed by atoms with E-state index in [0.717, 1.165) is 33.4 Å². The summed E-state index contributed by atoms with van der Waals surface area (Å²) in [5.41, 5.74) is 5.90. The van der Waals surface area contributed by atoms with E-state index in [1.165, 1.54) is 0 Å². The Kier molecular flexibility index (Phi) is 11.8. The van der Waals surface area contributed by atoms with Crippen molar-refractivity contribution in [2.24, 2.45) is 5.92 Å². The molecule has 0 aromatic heterocycles. The molecule has 2 N–H and O–H groups in total. The fourth-order valence-electron chi connectivity index (χ4n) is 6.17. The van der Waals surface area contributed by atoms with Crippen LogP contribution in [0.25, 0.3) is 11.1 Å². The van der Waals surface area contributed by atoms with Crippen molar-refractivity contribution in [1.29, 1.82) is 0 Å². The first-order valence-corrected chi connectivity index (χ1v) is 16.7. The Labute approximate surface area is 282 Å². The van der Waals surface area contributed by atoms with Gasteiger partial charge in [-0.3, -0.25) is 24.0 Å². The van der Waals surface area contributed by atoms with E-state index in [9.17, 15) is 24.0 Å². The molecule has 1 heterocycles. The SMILES string of the molecule is C[C@@H]1NC(=O)CCc2cccc(c2)-c2cccc(c2)CC[C@@H](C(=O)C[C@@H](Cc2ccccc2)C(=O)C(=O)CCc2ccccc2)NC1=O. The Bertz CT molecular complexity index is 1750. The number of nitrogens with one attached hydrogen (secondary N) is 2. The number of Topliss-reactive ketones (excluding diaryl/α,β-unsaturated/α-hetero) is 3. The molecule has 0 unspecified atom stereocenters. The van der Waals surface area contributed by atoms with Crippen molar-refractivity contribution in [1.82, 2.24) is 10.6 Å². The quantitative estimate of drug-likeness (QED) is 0.212. The minimum Gasteiger partial charge on any atom is -0.345 e. The molecule has 4 aromatic carbocycles. The summed E-state index contributed by atoms with van der Waals surface area (Å²) in [4.78, 5) is 66.9. The van der Waals surface area contributed by atoms with Gasteiger partial charge in [-0.2, -0.15) is 0 Å². The number of amides is 2. The molecule has 7 nitrogen and oxygen atoms in total. The molecule has 0 saturated heterocycles. The van der Waals surface area contributed by atoms with Crippen molar-refractivity contribution < 1.29 is 24.0 Å². The van der Waals surface area contributed by atoms with Crippen molar-refractivity contribution >= 4 is 29.2 Å². The maximum atomic E-state index is 14.0. The normalized spacial score (nSPS) is 17.4. The predicted molar refractivity (Wildman–Crippen MR) is 186 cm³/mol. The van der Waals surface area contributed by atoms with Gasteiger partial charge in [-0.1, -0.05) is 109 Å². The summed E-state index contributed by atoms with van der Waals surface area (Å²) in [6.45, 7) is 1.59. The Balaban J connectivity index is 1.38. The maximum absolute atomic E-state index is 14.0. The molecular weight excluding hydrogens is 600 g/mol. The Morgan fingerprint density at radius 3 is 1.96 bits per heavy atom. The van der Waals surface area contributed by atoms with Gasteiger partial charge in [0.15, 0.2) is 11.6 Å². The van der Waals surface area contributed by atoms with Gasteiger partial charge in [-0.05, 0) is 72.4 Å². The van der Waals surface area contributed by atoms with Crippen LogP contribution in [0.5, 0.6) is 0 Å². The number of carbonyl (C=O) groups is 5. The molecule has 246 valence electrons. The van der Waals surface area contributed by atoms with E-state index in [4.69, 9.17) is 0 Å². The summed E-state index contributed by atoms with van der Waals surface area (Å²) in [6.07, 6.45) is 2.06. The summed E-state index contributed by atoms with van der Waals surface area (Å²) in [7, 11) is 0. The van der Waals surface area contributed by atoms with Gasteiger partial charge in [0, 0.05) is 25.2 Å². The van der Waals surface area contributed by atoms with Gasteiger partial charge in [-0.25, -0.2) is 0 Å². The molecule has 48 heavy (non-hydrogen) atoms. The van der Waals surface area contributed by atoms with E-state index in [1.807, 2.05) is 97.1 Å². The van der Waals surface area contributed by atoms with Crippen molar-refractivity contribution in [3.05, 3.63) is 131 Å². The molecule has 0 spiro atoms. The Hall–Kier alpha value is -5.17. The first-order valence-electron chi connectivity index (χ1n) is 16.7. The molecule has 0 fully saturated rings. The number of ketones is 3. The van der Waals surface area contributed by atoms with Crippen LogP contribution in [-0.4, -0.2) is 41.2 Å². The highest BCUT2D eigenvalue weighted by Gasteiger charge is 2.31. The summed E-state index contributed by atoms with van der Waals surface area (Å²) < 4.78 is 0. The highest BCUT2D eigenvalue weighted by Crippen LogP contribution is 2.24. The number of hydrogen-bond donors (Lipinski definition) is 2. The third-order valence-electron chi connectivity index (χ3n) is 8.93. The second-order valence-corrected chi connectivity index (χ2v) is 12.6. The number of aryl methyl sites for hydroxylation is 3. The van der Waals surface area contributed by atoms with Crippen LogP contribution in [-0.2, 0) is 49.7 Å². The zero-order valence-corrected chi connectivity index (χ0v) is 27.3. The lowest BCUT2D eigenvalue weighted by Gasteiger charge is -2.23. The van der Waals surface area contributed by atoms with Crippen LogP contribution in [0.15, 0.2) is 109 Å². The molecule has 1 aliphatic heterocycles. The van der Waals surface area contributed by atoms with Crippen LogP contribution in [0.2, 0.25) is 0 Å². The smallest absolute Gasteiger partial charge is 0.242 e. The molecule has 0 saturated carbocycles. The molecule has 1 aliphatic rings. The van der Waals surface area contributed by atoms with Gasteiger partial charge in [0.2, 0.25) is 17.6 Å². The van der Waals surface area contributed by atoms with Crippen LogP contribution in [0, 0.1) is 5.92 Å². The highest BCUT2D eigenvalue weighted by atomic mass is 16.2. The molecule has 5 rings (SSSR count). The number of hydrogen-bond acceptors (Lipinski definition) is 5. The molecule has 4 bridgehead atoms. The van der Waals surface area contributed by atoms with Gasteiger partial charge < -0.3 is 10.6 Å². The Morgan fingerprint density at radius 1 is 0.708 bits per heavy atom. The third kappa shape index (κ3) is 9.67. The fraction of sp³-hybridized carbons (Fsp3) is 0.293. The number of fused-ring (bicyclic) bond motifs is 5. The Morgan fingerprint density at radius 2 is 1.31 bits per heavy atom. The summed E-state index contributed by atoms with van der Waals surface area (Å²) in [5, 5.41) is 5.63. The van der Waals surface area contributed by atoms with Gasteiger partial charge in [0.05, 0.1) is 6.04 Å². The van der Waals surface area contributed by atoms with Crippen LogP contribution in [0.1, 0.15) is 54.9 Å². The number of carbonyl (C=O) groups excluding carboxylic acids is 5. The van der Waals surface area contributed by atoms with Crippen LogP contribution >= 0.6 is 0 Å². The van der Waals surface area contributed by atoms with Crippen molar-refractivity contribution in [3.8, 4) is 11.1 Å². The summed E-state index contributed by atoms with van der Waals surface area (Å²) in [6, 6.07) is 33.2. The minimum atomic E-state index is -0.915. The molecular formula is C41H42N2O5. The first-order chi connectivity index (χ1) is 23.2. The molecule has 0 aliphatic carbocycles. The van der Waals surface area contributed by atoms with Crippen LogP contribution in [0.3, 0.4) is 0 Å². The van der Waals surface area contributed by atoms with Gasteiger partial charge >= 0.3 is 0 Å². The molecule has 7 heteroatoms. The summed E-state index contributed by atoms with van der Waals surface area (Å²) >= 11 is 0. The minimum absolute atomic E-state index is 0.0545. The van der Waals surface area contributed by atoms with E-state index in [1.54, 1.807) is 6.92 Å². The first kappa shape index (κ1) is 34.2. The average Bonchev–Trinajstić information content (AvgIpc) is 3.11. The molecule has 4 aromatic rings. The highest BCUT2D eigenvalue weighted by molar-refractivity contribution is 6.38. The van der Waals surface area contributed by atoms with Crippen molar-refractivity contribution in [2.45, 2.75) is 70.4 Å². The van der Waals surface area contributed by atoms with Crippen molar-refractivity contribution in [2.75, 3.05) is 0 Å². The van der Waals surface area contributed by atoms with Crippen LogP contribution in [0.4, 0.5) is 0 Å². The third-order valence-corrected chi connectivity index (χ3v) is 8.93. The van der Waals surface area contributed by atoms with Gasteiger partial charge in [0.25, 0.3) is 0 Å². The van der Waals surface area contributed by atoms with E-state index < -0.39 is 35.5 Å². The lowest BCUT2D eigenvalue weighted by atomic mass is 9.85.